The van der Waals surface area contributed by atoms with Crippen LogP contribution in [0.5, 0.6) is 0 Å². The Kier molecular flexibility index (Phi) is 10.5. The van der Waals surface area contributed by atoms with Gasteiger partial charge in [0.25, 0.3) is 0 Å². The predicted molar refractivity (Wildman–Crippen MR) is 190 cm³/mol. The van der Waals surface area contributed by atoms with Crippen molar-refractivity contribution in [1.82, 2.24) is 0 Å². The van der Waals surface area contributed by atoms with E-state index < -0.39 is 93.2 Å². The molecular weight excluding hydrogens is 677 g/mol. The highest BCUT2D eigenvalue weighted by Gasteiger charge is 2.81. The van der Waals surface area contributed by atoms with Gasteiger partial charge in [-0.25, -0.2) is 4.79 Å². The van der Waals surface area contributed by atoms with Crippen LogP contribution >= 0.6 is 0 Å². The molecular formula is C37H60O11Si2. The first kappa shape index (κ1) is 39.1. The molecule has 5 aliphatic rings. The topological polar surface area (TPSA) is 133 Å². The lowest BCUT2D eigenvalue weighted by molar-refractivity contribution is -0.335. The van der Waals surface area contributed by atoms with Crippen molar-refractivity contribution in [3.05, 3.63) is 11.1 Å². The maximum Gasteiger partial charge on any atom is 0.509 e. The third-order valence-electron chi connectivity index (χ3n) is 14.0. The maximum absolute atomic E-state index is 15.8. The van der Waals surface area contributed by atoms with Gasteiger partial charge in [0, 0.05) is 32.1 Å². The van der Waals surface area contributed by atoms with Crippen LogP contribution in [-0.4, -0.2) is 88.8 Å². The molecule has 50 heavy (non-hydrogen) atoms. The fourth-order valence-corrected chi connectivity index (χ4v) is 16.3. The summed E-state index contributed by atoms with van der Waals surface area (Å²) >= 11 is 0. The monoisotopic (exact) mass is 736 g/mol. The number of hydrogen-bond donors (Lipinski definition) is 0. The fourth-order valence-electron chi connectivity index (χ4n) is 10.5. The van der Waals surface area contributed by atoms with Gasteiger partial charge in [-0.15, -0.1) is 0 Å². The van der Waals surface area contributed by atoms with Crippen LogP contribution in [0.2, 0.25) is 36.3 Å². The summed E-state index contributed by atoms with van der Waals surface area (Å²) < 4.78 is 46.0. The molecule has 9 atom stereocenters. The molecule has 11 nitrogen and oxygen atoms in total. The Morgan fingerprint density at radius 3 is 1.90 bits per heavy atom. The summed E-state index contributed by atoms with van der Waals surface area (Å²) in [5, 5.41) is 0. The zero-order chi connectivity index (χ0) is 37.2. The third kappa shape index (κ3) is 5.49. The van der Waals surface area contributed by atoms with Gasteiger partial charge in [0.05, 0.1) is 30.1 Å². The largest absolute Gasteiger partial charge is 0.509 e. The highest BCUT2D eigenvalue weighted by Crippen LogP contribution is 2.67. The van der Waals surface area contributed by atoms with Crippen molar-refractivity contribution in [2.24, 2.45) is 16.7 Å². The molecule has 0 unspecified atom stereocenters. The molecule has 2 bridgehead atoms. The minimum atomic E-state index is -2.38. The number of hydrogen-bond acceptors (Lipinski definition) is 11. The molecule has 5 rings (SSSR count). The predicted octanol–water partition coefficient (Wildman–Crippen LogP) is 7.03. The molecule has 0 amide bonds. The molecule has 0 radical (unpaired) electrons. The van der Waals surface area contributed by atoms with E-state index >= 15 is 4.79 Å². The van der Waals surface area contributed by atoms with Gasteiger partial charge in [0.1, 0.15) is 6.10 Å². The van der Waals surface area contributed by atoms with Crippen LogP contribution < -0.4 is 0 Å². The van der Waals surface area contributed by atoms with Crippen LogP contribution in [0.15, 0.2) is 11.1 Å². The van der Waals surface area contributed by atoms with Gasteiger partial charge in [-0.2, -0.15) is 0 Å². The van der Waals surface area contributed by atoms with Gasteiger partial charge in [0.2, 0.25) is 0 Å². The van der Waals surface area contributed by atoms with Crippen LogP contribution in [-0.2, 0) is 46.9 Å². The Labute approximate surface area is 300 Å². The van der Waals surface area contributed by atoms with Gasteiger partial charge < -0.3 is 32.5 Å². The third-order valence-corrected chi connectivity index (χ3v) is 23.3. The summed E-state index contributed by atoms with van der Waals surface area (Å²) in [4.78, 5) is 55.6. The van der Waals surface area contributed by atoms with Crippen LogP contribution in [0, 0.1) is 16.7 Å². The summed E-state index contributed by atoms with van der Waals surface area (Å²) in [7, 11) is -4.65. The Balaban J connectivity index is 1.87. The average molecular weight is 737 g/mol. The van der Waals surface area contributed by atoms with Gasteiger partial charge in [-0.05, 0) is 61.3 Å². The lowest BCUT2D eigenvalue weighted by Gasteiger charge is -2.67. The smallest absolute Gasteiger partial charge is 0.454 e. The van der Waals surface area contributed by atoms with Crippen molar-refractivity contribution in [3.8, 4) is 0 Å². The zero-order valence-electron chi connectivity index (χ0n) is 32.3. The molecule has 4 fully saturated rings. The normalized spacial score (nSPS) is 37.6. The molecule has 282 valence electrons. The lowest BCUT2D eigenvalue weighted by Crippen LogP contribution is -2.81. The van der Waals surface area contributed by atoms with Crippen LogP contribution in [0.3, 0.4) is 0 Å². The second kappa shape index (κ2) is 13.4. The number of Topliss-reactive ketones (excluding diaryl/α,β-unsaturated/α-hetero) is 1. The van der Waals surface area contributed by atoms with E-state index in [1.165, 1.54) is 13.8 Å². The molecule has 1 spiro atoms. The van der Waals surface area contributed by atoms with Crippen LogP contribution in [0.4, 0.5) is 4.79 Å². The number of fused-ring (bicyclic) bond motifs is 5. The molecule has 2 saturated heterocycles. The average Bonchev–Trinajstić information content (AvgIpc) is 3.39. The van der Waals surface area contributed by atoms with Crippen molar-refractivity contribution in [1.29, 1.82) is 0 Å². The SMILES string of the molecule is CC[Si](CC)(CC)O[C@H]1C[C@@]23OC(=O)O[C@H]2[C@@H]2[C@]4(OC(C)=O)CO[C@@H]4C[C@H](O[Si](CC)(CC)CC)[C@@]2(C)C(=O)[C@H](OC(C)=O)C(=C1C)C3(C)C. The van der Waals surface area contributed by atoms with E-state index in [9.17, 15) is 14.4 Å². The number of esters is 2. The summed E-state index contributed by atoms with van der Waals surface area (Å²) in [5.41, 5.74) is -3.86. The number of carbonyl (C=O) groups is 4. The zero-order valence-corrected chi connectivity index (χ0v) is 34.3. The van der Waals surface area contributed by atoms with Gasteiger partial charge >= 0.3 is 18.1 Å². The van der Waals surface area contributed by atoms with Crippen LogP contribution in [0.1, 0.15) is 95.9 Å². The molecule has 0 aromatic heterocycles. The molecule has 0 aromatic carbocycles. The Morgan fingerprint density at radius 1 is 0.860 bits per heavy atom. The molecule has 2 heterocycles. The van der Waals surface area contributed by atoms with Gasteiger partial charge in [0.15, 0.2) is 45.8 Å². The Hall–Kier alpha value is -2.07. The minimum absolute atomic E-state index is 0.0113. The first-order valence-electron chi connectivity index (χ1n) is 18.9. The molecule has 2 aliphatic heterocycles. The molecule has 3 aliphatic carbocycles. The van der Waals surface area contributed by atoms with E-state index in [1.54, 1.807) is 0 Å². The minimum Gasteiger partial charge on any atom is -0.454 e. The fraction of sp³-hybridized carbons (Fsp3) is 0.838. The molecule has 0 aromatic rings. The van der Waals surface area contributed by atoms with Crippen molar-refractivity contribution in [2.75, 3.05) is 6.61 Å². The van der Waals surface area contributed by atoms with Gasteiger partial charge in [-0.3, -0.25) is 14.4 Å². The Morgan fingerprint density at radius 2 is 1.42 bits per heavy atom. The van der Waals surface area contributed by atoms with E-state index in [0.717, 1.165) is 41.8 Å². The number of carbonyl (C=O) groups excluding carboxylic acids is 4. The summed E-state index contributed by atoms with van der Waals surface area (Å²) in [5.74, 6) is -2.46. The van der Waals surface area contributed by atoms with Crippen molar-refractivity contribution in [3.63, 3.8) is 0 Å². The first-order valence-corrected chi connectivity index (χ1v) is 23.9. The second-order valence-electron chi connectivity index (χ2n) is 16.1. The van der Waals surface area contributed by atoms with Crippen molar-refractivity contribution >= 4 is 40.5 Å². The van der Waals surface area contributed by atoms with E-state index in [2.05, 4.69) is 41.5 Å². The number of ketones is 1. The van der Waals surface area contributed by atoms with Gasteiger partial charge in [-0.1, -0.05) is 55.4 Å². The van der Waals surface area contributed by atoms with E-state index in [-0.39, 0.29) is 25.2 Å². The lowest BCUT2D eigenvalue weighted by atomic mass is 9.44. The van der Waals surface area contributed by atoms with E-state index in [1.807, 2.05) is 27.7 Å². The van der Waals surface area contributed by atoms with E-state index in [0.29, 0.717) is 5.57 Å². The Bertz CT molecular complexity index is 1400. The van der Waals surface area contributed by atoms with Crippen molar-refractivity contribution in [2.45, 2.75) is 174 Å². The number of ether oxygens (including phenoxy) is 5. The van der Waals surface area contributed by atoms with E-state index in [4.69, 9.17) is 32.5 Å². The van der Waals surface area contributed by atoms with Crippen LogP contribution in [0.25, 0.3) is 0 Å². The highest BCUT2D eigenvalue weighted by molar-refractivity contribution is 6.74. The molecule has 0 N–H and O–H groups in total. The summed E-state index contributed by atoms with van der Waals surface area (Å²) in [6, 6.07) is 5.15. The number of rotatable bonds is 12. The standard InChI is InChI=1S/C37H60O11Si2/c1-13-49(14-2,15-3)47-25-20-37-32(44-33(41)46-37)30-35(12,31(40)29(43-23(8)38)28(22(25)7)34(37,10)11)26(48-50(16-4,17-5)18-6)19-27-36(30,21-42-27)45-24(9)39/h25-27,29-30,32H,13-21H2,1-12H3/t25-,26-,27+,29+,30-,32-,35+,36-,37+/m0/s1. The highest BCUT2D eigenvalue weighted by atomic mass is 28.4. The maximum atomic E-state index is 15.8. The summed E-state index contributed by atoms with van der Waals surface area (Å²) in [6.07, 6.45) is -4.55. The molecule has 13 heteroatoms. The quantitative estimate of drug-likeness (QED) is 0.0885. The summed E-state index contributed by atoms with van der Waals surface area (Å²) in [6.45, 7) is 23.1. The first-order chi connectivity index (χ1) is 23.4. The molecule has 2 saturated carbocycles. The second-order valence-corrected chi connectivity index (χ2v) is 25.6. The van der Waals surface area contributed by atoms with Crippen molar-refractivity contribution < 1.29 is 51.7 Å².